The quantitative estimate of drug-likeness (QED) is 0.490. The molecule has 138 valence electrons. The molecule has 0 saturated heterocycles. The van der Waals surface area contributed by atoms with E-state index >= 15 is 0 Å². The van der Waals surface area contributed by atoms with Crippen molar-refractivity contribution in [2.45, 2.75) is 25.9 Å². The van der Waals surface area contributed by atoms with E-state index in [0.29, 0.717) is 11.1 Å². The van der Waals surface area contributed by atoms with Crippen LogP contribution in [0.5, 0.6) is 0 Å². The Morgan fingerprint density at radius 2 is 1.31 bits per heavy atom. The highest BCUT2D eigenvalue weighted by Crippen LogP contribution is 2.64. The van der Waals surface area contributed by atoms with E-state index in [1.54, 1.807) is 12.1 Å². The molecule has 1 atom stereocenters. The molecule has 0 aliphatic carbocycles. The summed E-state index contributed by atoms with van der Waals surface area (Å²) >= 11 is 1.28. The van der Waals surface area contributed by atoms with Crippen LogP contribution in [0.25, 0.3) is 0 Å². The van der Waals surface area contributed by atoms with Crippen molar-refractivity contribution in [2.24, 2.45) is 0 Å². The van der Waals surface area contributed by atoms with Crippen LogP contribution in [0, 0.1) is 0 Å². The molecule has 2 rings (SSSR count). The summed E-state index contributed by atoms with van der Waals surface area (Å²) in [5.74, 6) is -0.108. The molecule has 0 saturated carbocycles. The fourth-order valence-electron chi connectivity index (χ4n) is 2.98. The third kappa shape index (κ3) is 4.96. The van der Waals surface area contributed by atoms with E-state index in [1.165, 1.54) is 11.8 Å². The van der Waals surface area contributed by atoms with Gasteiger partial charge in [0.1, 0.15) is 0 Å². The fourth-order valence-corrected chi connectivity index (χ4v) is 8.87. The van der Waals surface area contributed by atoms with Crippen molar-refractivity contribution >= 4 is 30.0 Å². The summed E-state index contributed by atoms with van der Waals surface area (Å²) < 4.78 is 0. The van der Waals surface area contributed by atoms with E-state index in [0.717, 1.165) is 18.5 Å². The Morgan fingerprint density at radius 3 is 1.77 bits per heavy atom. The van der Waals surface area contributed by atoms with Gasteiger partial charge in [0.15, 0.2) is 5.11 Å². The molecule has 0 aromatic heterocycles. The molecule has 1 N–H and O–H groups in total. The van der Waals surface area contributed by atoms with Crippen LogP contribution < -0.4 is 5.32 Å². The molecular formula is C21H27NO2PS+. The summed E-state index contributed by atoms with van der Waals surface area (Å²) in [4.78, 5) is 25.5. The lowest BCUT2D eigenvalue weighted by Gasteiger charge is -2.32. The first-order valence-electron chi connectivity index (χ1n) is 9.04. The molecule has 26 heavy (non-hydrogen) atoms. The molecule has 0 spiro atoms. The number of carbonyl (C=O) groups excluding carboxylic acids is 2. The van der Waals surface area contributed by atoms with Gasteiger partial charge >= 0.3 is 0 Å². The van der Waals surface area contributed by atoms with Crippen molar-refractivity contribution in [3.05, 3.63) is 71.8 Å². The first-order valence-corrected chi connectivity index (χ1v) is 12.3. The van der Waals surface area contributed by atoms with Crippen LogP contribution in [0.4, 0.5) is 0 Å². The van der Waals surface area contributed by atoms with Crippen molar-refractivity contribution in [1.29, 1.82) is 0 Å². The van der Waals surface area contributed by atoms with Gasteiger partial charge < -0.3 is 5.32 Å². The molecule has 0 bridgehead atoms. The summed E-state index contributed by atoms with van der Waals surface area (Å²) in [5.41, 5.74) is 1.31. The van der Waals surface area contributed by atoms with Gasteiger partial charge in [-0.15, -0.1) is 0 Å². The zero-order valence-electron chi connectivity index (χ0n) is 15.6. The predicted molar refractivity (Wildman–Crippen MR) is 115 cm³/mol. The van der Waals surface area contributed by atoms with E-state index < -0.39 is 7.26 Å². The van der Waals surface area contributed by atoms with Crippen molar-refractivity contribution < 1.29 is 9.59 Å². The Bertz CT molecular complexity index is 656. The Labute approximate surface area is 161 Å². The van der Waals surface area contributed by atoms with Gasteiger partial charge in [0.25, 0.3) is 5.91 Å². The monoisotopic (exact) mass is 388 g/mol. The third-order valence-corrected chi connectivity index (χ3v) is 12.3. The Morgan fingerprint density at radius 1 is 0.846 bits per heavy atom. The van der Waals surface area contributed by atoms with Gasteiger partial charge in [-0.25, -0.2) is 0 Å². The van der Waals surface area contributed by atoms with Crippen molar-refractivity contribution in [2.75, 3.05) is 18.5 Å². The van der Waals surface area contributed by atoms with Crippen molar-refractivity contribution in [3.63, 3.8) is 0 Å². The molecule has 0 aliphatic heterocycles. The van der Waals surface area contributed by atoms with Gasteiger partial charge in [0.05, 0.1) is 18.5 Å². The largest absolute Gasteiger partial charge is 0.308 e. The molecule has 0 aliphatic rings. The average molecular weight is 388 g/mol. The number of hydrogen-bond acceptors (Lipinski definition) is 3. The van der Waals surface area contributed by atoms with Crippen LogP contribution in [0.15, 0.2) is 60.7 Å². The molecule has 3 nitrogen and oxygen atoms in total. The summed E-state index contributed by atoms with van der Waals surface area (Å²) in [6.07, 6.45) is 3.03. The first kappa shape index (κ1) is 20.7. The van der Waals surface area contributed by atoms with Gasteiger partial charge in [-0.1, -0.05) is 48.5 Å². The second kappa shape index (κ2) is 9.89. The summed E-state index contributed by atoms with van der Waals surface area (Å²) in [5, 5.41) is 3.03. The minimum absolute atomic E-state index is 0.0173. The number of amides is 1. The minimum atomic E-state index is -1.49. The highest BCUT2D eigenvalue weighted by atomic mass is 32.2. The van der Waals surface area contributed by atoms with Crippen LogP contribution in [0.2, 0.25) is 0 Å². The van der Waals surface area contributed by atoms with E-state index in [1.807, 2.05) is 48.5 Å². The molecule has 5 heteroatoms. The maximum Gasteiger partial charge on any atom is 0.254 e. The molecular weight excluding hydrogens is 361 g/mol. The van der Waals surface area contributed by atoms with E-state index in [-0.39, 0.29) is 16.1 Å². The number of rotatable bonds is 8. The zero-order valence-corrected chi connectivity index (χ0v) is 17.4. The van der Waals surface area contributed by atoms with Crippen LogP contribution >= 0.6 is 19.0 Å². The molecule has 0 heterocycles. The lowest BCUT2D eigenvalue weighted by atomic mass is 10.2. The average Bonchev–Trinajstić information content (AvgIpc) is 2.71. The molecule has 0 fully saturated rings. The predicted octanol–water partition coefficient (Wildman–Crippen LogP) is 5.35. The number of hydrogen-bond donors (Lipinski definition) is 1. The third-order valence-electron chi connectivity index (χ3n) is 4.91. The van der Waals surface area contributed by atoms with Crippen molar-refractivity contribution in [3.8, 4) is 0 Å². The Balaban J connectivity index is 2.27. The summed E-state index contributed by atoms with van der Waals surface area (Å²) in [7, 11) is -1.49. The lowest BCUT2D eigenvalue weighted by molar-refractivity contribution is 0.0957. The highest BCUT2D eigenvalue weighted by Gasteiger charge is 2.44. The van der Waals surface area contributed by atoms with E-state index in [4.69, 9.17) is 0 Å². The smallest absolute Gasteiger partial charge is 0.254 e. The van der Waals surface area contributed by atoms with Gasteiger partial charge in [-0.05, 0) is 44.7 Å². The van der Waals surface area contributed by atoms with Crippen LogP contribution in [-0.4, -0.2) is 34.6 Å². The Hall–Kier alpha value is -1.64. The number of nitrogens with one attached hydrogen (secondary N) is 1. The number of carbonyl (C=O) groups is 2. The van der Waals surface area contributed by atoms with Gasteiger partial charge in [-0.2, -0.15) is 0 Å². The molecule has 1 unspecified atom stereocenters. The van der Waals surface area contributed by atoms with E-state index in [9.17, 15) is 9.59 Å². The molecule has 2 aromatic carbocycles. The normalized spacial score (nSPS) is 12.4. The summed E-state index contributed by atoms with van der Waals surface area (Å²) in [6.45, 7) is 6.53. The maximum atomic E-state index is 12.8. The van der Waals surface area contributed by atoms with E-state index in [2.05, 4.69) is 26.1 Å². The van der Waals surface area contributed by atoms with Crippen LogP contribution in [-0.2, 0) is 0 Å². The Kier molecular flexibility index (Phi) is 7.86. The van der Waals surface area contributed by atoms with Crippen LogP contribution in [0.1, 0.15) is 41.5 Å². The summed E-state index contributed by atoms with van der Waals surface area (Å²) in [6, 6.07) is 18.5. The van der Waals surface area contributed by atoms with Crippen molar-refractivity contribution in [1.82, 2.24) is 5.32 Å². The topological polar surface area (TPSA) is 46.2 Å². The first-order chi connectivity index (χ1) is 12.6. The number of benzene rings is 2. The maximum absolute atomic E-state index is 12.8. The van der Waals surface area contributed by atoms with Gasteiger partial charge in [0.2, 0.25) is 5.12 Å². The van der Waals surface area contributed by atoms with Gasteiger partial charge in [-0.3, -0.25) is 9.59 Å². The molecule has 1 amide bonds. The second-order valence-electron chi connectivity index (χ2n) is 6.13. The molecule has 2 aromatic rings. The second-order valence-corrected chi connectivity index (χ2v) is 12.4. The fraction of sp³-hybridized carbons (Fsp3) is 0.333. The standard InChI is InChI=1S/C21H26NO2PS/c1-4-25(5-2,6-3)21(22-19(23)17-13-9-7-10-14-17)26-20(24)18-15-11-8-12-16-18/h7-16,21H,4-6H2,1-3H3/p+1. The lowest BCUT2D eigenvalue weighted by Crippen LogP contribution is -2.37. The number of thioether (sulfide) groups is 1. The highest BCUT2D eigenvalue weighted by molar-refractivity contribution is 8.20. The minimum Gasteiger partial charge on any atom is -0.308 e. The SMILES string of the molecule is CC[P+](CC)(CC)C(NC(=O)c1ccccc1)SC(=O)c1ccccc1. The zero-order chi connectivity index (χ0) is 19.0. The molecule has 0 radical (unpaired) electrons. The van der Waals surface area contributed by atoms with Crippen LogP contribution in [0.3, 0.4) is 0 Å². The van der Waals surface area contributed by atoms with Gasteiger partial charge in [0, 0.05) is 18.4 Å².